The van der Waals surface area contributed by atoms with Gasteiger partial charge in [0.25, 0.3) is 0 Å². The van der Waals surface area contributed by atoms with Crippen LogP contribution in [-0.4, -0.2) is 0 Å². The molecule has 0 radical (unpaired) electrons. The zero-order chi connectivity index (χ0) is 13.4. The summed E-state index contributed by atoms with van der Waals surface area (Å²) in [7, 11) is 0. The summed E-state index contributed by atoms with van der Waals surface area (Å²) in [6.07, 6.45) is 0. The Kier molecular flexibility index (Phi) is 3.50. The number of nitrogens with two attached hydrogens (primary N) is 1. The van der Waals surface area contributed by atoms with Gasteiger partial charge in [-0.2, -0.15) is 0 Å². The van der Waals surface area contributed by atoms with Crippen molar-refractivity contribution in [1.82, 2.24) is 0 Å². The predicted molar refractivity (Wildman–Crippen MR) is 77.4 cm³/mol. The zero-order valence-electron chi connectivity index (χ0n) is 10.2. The molecule has 2 N–H and O–H groups in total. The fraction of sp³-hybridized carbons (Fsp3) is 0.200. The molecular formula is C15H13Cl2NO. The van der Waals surface area contributed by atoms with E-state index in [1.54, 1.807) is 6.07 Å². The van der Waals surface area contributed by atoms with Crippen LogP contribution in [0.1, 0.15) is 28.3 Å². The summed E-state index contributed by atoms with van der Waals surface area (Å²) in [6.45, 7) is 1.35. The predicted octanol–water partition coefficient (Wildman–Crippen LogP) is 4.07. The second-order valence-electron chi connectivity index (χ2n) is 4.70. The van der Waals surface area contributed by atoms with E-state index < -0.39 is 0 Å². The summed E-state index contributed by atoms with van der Waals surface area (Å²) < 4.78 is 5.41. The lowest BCUT2D eigenvalue weighted by Crippen LogP contribution is -2.12. The maximum absolute atomic E-state index is 6.29. The minimum Gasteiger partial charge on any atom is -0.372 e. The minimum atomic E-state index is -0.234. The second-order valence-corrected chi connectivity index (χ2v) is 5.57. The van der Waals surface area contributed by atoms with Crippen LogP contribution in [0.2, 0.25) is 10.0 Å². The minimum absolute atomic E-state index is 0.234. The van der Waals surface area contributed by atoms with Gasteiger partial charge in [-0.15, -0.1) is 0 Å². The van der Waals surface area contributed by atoms with Crippen LogP contribution in [0.3, 0.4) is 0 Å². The van der Waals surface area contributed by atoms with E-state index in [0.717, 1.165) is 11.1 Å². The van der Waals surface area contributed by atoms with Crippen LogP contribution in [0.25, 0.3) is 0 Å². The van der Waals surface area contributed by atoms with Crippen molar-refractivity contribution in [3.63, 3.8) is 0 Å². The molecule has 2 nitrogen and oxygen atoms in total. The molecule has 1 unspecified atom stereocenters. The molecule has 1 heterocycles. The van der Waals surface area contributed by atoms with Crippen LogP contribution in [0, 0.1) is 0 Å². The molecule has 2 aromatic carbocycles. The highest BCUT2D eigenvalue weighted by molar-refractivity contribution is 6.34. The van der Waals surface area contributed by atoms with Gasteiger partial charge in [0.1, 0.15) is 0 Å². The Morgan fingerprint density at radius 2 is 1.58 bits per heavy atom. The number of hydrogen-bond acceptors (Lipinski definition) is 2. The molecule has 1 aliphatic rings. The smallest absolute Gasteiger partial charge is 0.0725 e. The van der Waals surface area contributed by atoms with Gasteiger partial charge in [-0.05, 0) is 40.5 Å². The Morgan fingerprint density at radius 3 is 2.32 bits per heavy atom. The van der Waals surface area contributed by atoms with E-state index in [9.17, 15) is 0 Å². The monoisotopic (exact) mass is 293 g/mol. The molecule has 0 saturated carbocycles. The van der Waals surface area contributed by atoms with Gasteiger partial charge >= 0.3 is 0 Å². The largest absolute Gasteiger partial charge is 0.372 e. The second kappa shape index (κ2) is 5.14. The number of rotatable bonds is 2. The topological polar surface area (TPSA) is 35.2 Å². The van der Waals surface area contributed by atoms with Crippen LogP contribution < -0.4 is 5.73 Å². The fourth-order valence-corrected chi connectivity index (χ4v) is 2.88. The van der Waals surface area contributed by atoms with Crippen molar-refractivity contribution in [2.24, 2.45) is 5.73 Å². The maximum Gasteiger partial charge on any atom is 0.0725 e. The third kappa shape index (κ3) is 2.63. The molecule has 0 aliphatic carbocycles. The first-order chi connectivity index (χ1) is 9.13. The quantitative estimate of drug-likeness (QED) is 0.906. The molecule has 1 atom stereocenters. The lowest BCUT2D eigenvalue weighted by Gasteiger charge is -2.14. The van der Waals surface area contributed by atoms with Gasteiger partial charge in [0.05, 0.1) is 19.3 Å². The molecule has 3 rings (SSSR count). The lowest BCUT2D eigenvalue weighted by atomic mass is 9.96. The highest BCUT2D eigenvalue weighted by Crippen LogP contribution is 2.29. The van der Waals surface area contributed by atoms with Gasteiger partial charge in [-0.25, -0.2) is 0 Å². The molecule has 2 aromatic rings. The summed E-state index contributed by atoms with van der Waals surface area (Å²) in [5, 5.41) is 1.20. The number of benzene rings is 2. The molecule has 1 aliphatic heterocycles. The van der Waals surface area contributed by atoms with E-state index in [1.165, 1.54) is 11.1 Å². The molecule has 0 saturated heterocycles. The first-order valence-electron chi connectivity index (χ1n) is 6.04. The Labute approximate surface area is 122 Å². The van der Waals surface area contributed by atoms with Gasteiger partial charge in [-0.3, -0.25) is 0 Å². The summed E-state index contributed by atoms with van der Waals surface area (Å²) in [5.41, 5.74) is 10.7. The van der Waals surface area contributed by atoms with Crippen LogP contribution in [-0.2, 0) is 18.0 Å². The van der Waals surface area contributed by atoms with Crippen LogP contribution in [0.5, 0.6) is 0 Å². The standard InChI is InChI=1S/C15H13Cl2NO/c16-13-4-11(5-14(17)6-13)15(18)9-1-2-10-7-19-8-12(10)3-9/h1-6,15H,7-8,18H2. The molecule has 0 fully saturated rings. The van der Waals surface area contributed by atoms with Gasteiger partial charge < -0.3 is 10.5 Å². The van der Waals surface area contributed by atoms with Gasteiger partial charge in [0.2, 0.25) is 0 Å². The summed E-state index contributed by atoms with van der Waals surface area (Å²) >= 11 is 12.0. The molecule has 0 amide bonds. The SMILES string of the molecule is NC(c1cc(Cl)cc(Cl)c1)c1ccc2c(c1)COC2. The summed E-state index contributed by atoms with van der Waals surface area (Å²) in [6, 6.07) is 11.4. The molecule has 0 aromatic heterocycles. The lowest BCUT2D eigenvalue weighted by molar-refractivity contribution is 0.134. The van der Waals surface area contributed by atoms with Crippen molar-refractivity contribution in [2.75, 3.05) is 0 Å². The fourth-order valence-electron chi connectivity index (χ4n) is 2.33. The highest BCUT2D eigenvalue weighted by Gasteiger charge is 2.15. The van der Waals surface area contributed by atoms with Crippen molar-refractivity contribution in [1.29, 1.82) is 0 Å². The number of halogens is 2. The Hall–Kier alpha value is -1.06. The first kappa shape index (κ1) is 12.9. The first-order valence-corrected chi connectivity index (χ1v) is 6.80. The van der Waals surface area contributed by atoms with E-state index >= 15 is 0 Å². The normalized spacial score (nSPS) is 15.3. The van der Waals surface area contributed by atoms with E-state index in [2.05, 4.69) is 12.1 Å². The molecule has 19 heavy (non-hydrogen) atoms. The summed E-state index contributed by atoms with van der Waals surface area (Å²) in [4.78, 5) is 0. The average molecular weight is 294 g/mol. The molecule has 0 spiro atoms. The Balaban J connectivity index is 1.97. The highest BCUT2D eigenvalue weighted by atomic mass is 35.5. The van der Waals surface area contributed by atoms with Gasteiger partial charge in [-0.1, -0.05) is 41.4 Å². The Morgan fingerprint density at radius 1 is 0.895 bits per heavy atom. The third-order valence-electron chi connectivity index (χ3n) is 3.35. The zero-order valence-corrected chi connectivity index (χ0v) is 11.7. The Bertz CT molecular complexity index is 607. The molecular weight excluding hydrogens is 281 g/mol. The van der Waals surface area contributed by atoms with E-state index in [-0.39, 0.29) is 6.04 Å². The van der Waals surface area contributed by atoms with Crippen LogP contribution in [0.4, 0.5) is 0 Å². The van der Waals surface area contributed by atoms with E-state index in [1.807, 2.05) is 18.2 Å². The average Bonchev–Trinajstić information content (AvgIpc) is 2.83. The number of fused-ring (bicyclic) bond motifs is 1. The van der Waals surface area contributed by atoms with Crippen molar-refractivity contribution >= 4 is 23.2 Å². The van der Waals surface area contributed by atoms with Crippen molar-refractivity contribution < 1.29 is 4.74 Å². The molecule has 0 bridgehead atoms. The van der Waals surface area contributed by atoms with Crippen LogP contribution in [0.15, 0.2) is 36.4 Å². The van der Waals surface area contributed by atoms with E-state index in [0.29, 0.717) is 23.3 Å². The van der Waals surface area contributed by atoms with Gasteiger partial charge in [0.15, 0.2) is 0 Å². The maximum atomic E-state index is 6.29. The van der Waals surface area contributed by atoms with E-state index in [4.69, 9.17) is 33.7 Å². The number of hydrogen-bond donors (Lipinski definition) is 1. The van der Waals surface area contributed by atoms with Crippen molar-refractivity contribution in [2.45, 2.75) is 19.3 Å². The number of ether oxygens (including phenoxy) is 1. The molecule has 4 heteroatoms. The third-order valence-corrected chi connectivity index (χ3v) is 3.79. The van der Waals surface area contributed by atoms with Gasteiger partial charge in [0, 0.05) is 10.0 Å². The van der Waals surface area contributed by atoms with Crippen molar-refractivity contribution in [3.05, 3.63) is 68.7 Å². The molecule has 98 valence electrons. The van der Waals surface area contributed by atoms with Crippen LogP contribution >= 0.6 is 23.2 Å². The summed E-state index contributed by atoms with van der Waals surface area (Å²) in [5.74, 6) is 0. The van der Waals surface area contributed by atoms with Crippen molar-refractivity contribution in [3.8, 4) is 0 Å².